The highest BCUT2D eigenvalue weighted by Gasteiger charge is 2.12. The molecule has 110 valence electrons. The largest absolute Gasteiger partial charge is 0.364 e. The van der Waals surface area contributed by atoms with Crippen molar-refractivity contribution in [1.82, 2.24) is 10.3 Å². The molecule has 0 spiro atoms. The van der Waals surface area contributed by atoms with Crippen molar-refractivity contribution in [3.05, 3.63) is 66.0 Å². The number of nitrogens with one attached hydrogen (secondary N) is 1. The van der Waals surface area contributed by atoms with Crippen LogP contribution in [0.2, 0.25) is 0 Å². The molecule has 0 saturated heterocycles. The van der Waals surface area contributed by atoms with Gasteiger partial charge >= 0.3 is 0 Å². The van der Waals surface area contributed by atoms with Gasteiger partial charge in [-0.2, -0.15) is 0 Å². The fraction of sp³-hybridized carbons (Fsp3) is 0.294. The topological polar surface area (TPSA) is 51.2 Å². The fourth-order valence-electron chi connectivity index (χ4n) is 1.89. The van der Waals surface area contributed by atoms with Gasteiger partial charge in [0, 0.05) is 18.9 Å². The third kappa shape index (κ3) is 5.36. The molecular weight excluding hydrogens is 264 g/mol. The van der Waals surface area contributed by atoms with Crippen molar-refractivity contribution in [2.24, 2.45) is 0 Å². The molecule has 0 unspecified atom stereocenters. The summed E-state index contributed by atoms with van der Waals surface area (Å²) in [6.07, 6.45) is 3.85. The quantitative estimate of drug-likeness (QED) is 0.849. The Hall–Kier alpha value is -2.20. The number of carbonyl (C=O) groups excluding carboxylic acids is 1. The average Bonchev–Trinajstić information content (AvgIpc) is 2.54. The molecule has 0 saturated carbocycles. The van der Waals surface area contributed by atoms with E-state index in [0.717, 1.165) is 17.5 Å². The summed E-state index contributed by atoms with van der Waals surface area (Å²) < 4.78 is 5.57. The SMILES string of the molecule is C[C@@H](OCc1ccccc1)C(=O)NCCc1cccnc1. The number of hydrogen-bond acceptors (Lipinski definition) is 3. The van der Waals surface area contributed by atoms with E-state index in [1.54, 1.807) is 13.1 Å². The van der Waals surface area contributed by atoms with E-state index < -0.39 is 6.10 Å². The number of pyridine rings is 1. The minimum atomic E-state index is -0.459. The molecule has 2 aromatic rings. The molecule has 1 N–H and O–H groups in total. The van der Waals surface area contributed by atoms with Gasteiger partial charge in [-0.05, 0) is 30.5 Å². The first-order valence-corrected chi connectivity index (χ1v) is 7.08. The van der Waals surface area contributed by atoms with Gasteiger partial charge in [-0.3, -0.25) is 9.78 Å². The summed E-state index contributed by atoms with van der Waals surface area (Å²) in [7, 11) is 0. The van der Waals surface area contributed by atoms with Crippen LogP contribution in [0, 0.1) is 0 Å². The third-order valence-electron chi connectivity index (χ3n) is 3.15. The van der Waals surface area contributed by atoms with E-state index >= 15 is 0 Å². The molecule has 1 heterocycles. The Kier molecular flexibility index (Phi) is 5.91. The smallest absolute Gasteiger partial charge is 0.248 e. The normalized spacial score (nSPS) is 11.9. The Labute approximate surface area is 125 Å². The zero-order valence-corrected chi connectivity index (χ0v) is 12.2. The molecule has 0 bridgehead atoms. The van der Waals surface area contributed by atoms with Crippen LogP contribution in [-0.2, 0) is 22.6 Å². The van der Waals surface area contributed by atoms with Crippen LogP contribution in [0.3, 0.4) is 0 Å². The zero-order valence-electron chi connectivity index (χ0n) is 12.2. The summed E-state index contributed by atoms with van der Waals surface area (Å²) in [4.78, 5) is 15.9. The lowest BCUT2D eigenvalue weighted by molar-refractivity contribution is -0.132. The van der Waals surface area contributed by atoms with Crippen LogP contribution in [0.5, 0.6) is 0 Å². The lowest BCUT2D eigenvalue weighted by atomic mass is 10.2. The first kappa shape index (κ1) is 15.2. The third-order valence-corrected chi connectivity index (χ3v) is 3.15. The molecule has 1 aromatic carbocycles. The molecule has 0 aliphatic heterocycles. The number of nitrogens with zero attached hydrogens (tertiary/aromatic N) is 1. The van der Waals surface area contributed by atoms with Crippen molar-refractivity contribution >= 4 is 5.91 Å². The number of amides is 1. The molecule has 1 aromatic heterocycles. The highest BCUT2D eigenvalue weighted by Crippen LogP contribution is 2.03. The van der Waals surface area contributed by atoms with Crippen molar-refractivity contribution in [3.63, 3.8) is 0 Å². The van der Waals surface area contributed by atoms with Gasteiger partial charge in [0.2, 0.25) is 5.91 Å². The molecule has 2 rings (SSSR count). The monoisotopic (exact) mass is 284 g/mol. The van der Waals surface area contributed by atoms with Gasteiger partial charge in [0.1, 0.15) is 6.10 Å². The predicted octanol–water partition coefficient (Wildman–Crippen LogP) is 2.35. The van der Waals surface area contributed by atoms with Crippen LogP contribution >= 0.6 is 0 Å². The zero-order chi connectivity index (χ0) is 14.9. The lowest BCUT2D eigenvalue weighted by Crippen LogP contribution is -2.35. The van der Waals surface area contributed by atoms with Crippen LogP contribution in [0.25, 0.3) is 0 Å². The minimum Gasteiger partial charge on any atom is -0.364 e. The minimum absolute atomic E-state index is 0.0881. The molecule has 0 fully saturated rings. The van der Waals surface area contributed by atoms with Gasteiger partial charge in [0.15, 0.2) is 0 Å². The predicted molar refractivity (Wildman–Crippen MR) is 81.6 cm³/mol. The van der Waals surface area contributed by atoms with Crippen molar-refractivity contribution in [2.45, 2.75) is 26.1 Å². The number of ether oxygens (including phenoxy) is 1. The van der Waals surface area contributed by atoms with Crippen LogP contribution in [0.4, 0.5) is 0 Å². The Bertz CT molecular complexity index is 543. The van der Waals surface area contributed by atoms with E-state index in [1.807, 2.05) is 48.7 Å². The Morgan fingerprint density at radius 1 is 1.19 bits per heavy atom. The molecule has 1 amide bonds. The summed E-state index contributed by atoms with van der Waals surface area (Å²) >= 11 is 0. The van der Waals surface area contributed by atoms with E-state index in [2.05, 4.69) is 10.3 Å². The Balaban J connectivity index is 1.68. The molecule has 4 heteroatoms. The van der Waals surface area contributed by atoms with Gasteiger partial charge < -0.3 is 10.1 Å². The van der Waals surface area contributed by atoms with Crippen LogP contribution in [0.15, 0.2) is 54.9 Å². The van der Waals surface area contributed by atoms with E-state index in [4.69, 9.17) is 4.74 Å². The van der Waals surface area contributed by atoms with Gasteiger partial charge in [-0.1, -0.05) is 36.4 Å². The molecule has 0 radical (unpaired) electrons. The second-order valence-electron chi connectivity index (χ2n) is 4.84. The van der Waals surface area contributed by atoms with Crippen molar-refractivity contribution < 1.29 is 9.53 Å². The molecule has 1 atom stereocenters. The van der Waals surface area contributed by atoms with E-state index in [1.165, 1.54) is 0 Å². The molecule has 0 aliphatic rings. The average molecular weight is 284 g/mol. The van der Waals surface area contributed by atoms with Gasteiger partial charge in [-0.15, -0.1) is 0 Å². The number of aromatic nitrogens is 1. The van der Waals surface area contributed by atoms with Gasteiger partial charge in [-0.25, -0.2) is 0 Å². The number of hydrogen-bond donors (Lipinski definition) is 1. The molecule has 21 heavy (non-hydrogen) atoms. The van der Waals surface area contributed by atoms with Crippen molar-refractivity contribution in [1.29, 1.82) is 0 Å². The van der Waals surface area contributed by atoms with Crippen LogP contribution < -0.4 is 5.32 Å². The van der Waals surface area contributed by atoms with E-state index in [9.17, 15) is 4.79 Å². The lowest BCUT2D eigenvalue weighted by Gasteiger charge is -2.13. The summed E-state index contributed by atoms with van der Waals surface area (Å²) in [5.74, 6) is -0.0881. The maximum absolute atomic E-state index is 11.9. The van der Waals surface area contributed by atoms with Gasteiger partial charge in [0.05, 0.1) is 6.61 Å². The Morgan fingerprint density at radius 3 is 2.67 bits per heavy atom. The van der Waals surface area contributed by atoms with Crippen molar-refractivity contribution in [3.8, 4) is 0 Å². The number of rotatable bonds is 7. The Morgan fingerprint density at radius 2 is 1.95 bits per heavy atom. The first-order valence-electron chi connectivity index (χ1n) is 7.08. The standard InChI is InChI=1S/C17H20N2O2/c1-14(21-13-16-6-3-2-4-7-16)17(20)19-11-9-15-8-5-10-18-12-15/h2-8,10,12,14H,9,11,13H2,1H3,(H,19,20)/t14-/m1/s1. The molecule has 4 nitrogen and oxygen atoms in total. The summed E-state index contributed by atoms with van der Waals surface area (Å²) in [6.45, 7) is 2.80. The summed E-state index contributed by atoms with van der Waals surface area (Å²) in [6, 6.07) is 13.7. The summed E-state index contributed by atoms with van der Waals surface area (Å²) in [5, 5.41) is 2.88. The highest BCUT2D eigenvalue weighted by atomic mass is 16.5. The van der Waals surface area contributed by atoms with Crippen LogP contribution in [0.1, 0.15) is 18.1 Å². The number of carbonyl (C=O) groups is 1. The highest BCUT2D eigenvalue weighted by molar-refractivity contribution is 5.80. The number of benzene rings is 1. The second-order valence-corrected chi connectivity index (χ2v) is 4.84. The maximum atomic E-state index is 11.9. The van der Waals surface area contributed by atoms with Crippen molar-refractivity contribution in [2.75, 3.05) is 6.54 Å². The maximum Gasteiger partial charge on any atom is 0.248 e. The van der Waals surface area contributed by atoms with Gasteiger partial charge in [0.25, 0.3) is 0 Å². The first-order chi connectivity index (χ1) is 10.3. The second kappa shape index (κ2) is 8.17. The van der Waals surface area contributed by atoms with E-state index in [-0.39, 0.29) is 5.91 Å². The van der Waals surface area contributed by atoms with Crippen LogP contribution in [-0.4, -0.2) is 23.5 Å². The molecular formula is C17H20N2O2. The molecule has 0 aliphatic carbocycles. The summed E-state index contributed by atoms with van der Waals surface area (Å²) in [5.41, 5.74) is 2.17. The van der Waals surface area contributed by atoms with E-state index in [0.29, 0.717) is 13.2 Å². The fourth-order valence-corrected chi connectivity index (χ4v) is 1.89.